The van der Waals surface area contributed by atoms with Gasteiger partial charge < -0.3 is 10.8 Å². The van der Waals surface area contributed by atoms with Gasteiger partial charge in [-0.1, -0.05) is 39.8 Å². The zero-order valence-corrected chi connectivity index (χ0v) is 10.5. The fraction of sp³-hybridized carbons (Fsp3) is 0.286. The molecule has 0 fully saturated rings. The van der Waals surface area contributed by atoms with Gasteiger partial charge >= 0.3 is 0 Å². The highest BCUT2D eigenvalue weighted by atomic mass is 16.3. The molecule has 0 saturated carbocycles. The minimum absolute atomic E-state index is 0.299. The van der Waals surface area contributed by atoms with Gasteiger partial charge in [0.2, 0.25) is 0 Å². The summed E-state index contributed by atoms with van der Waals surface area (Å²) in [5.41, 5.74) is 6.31. The molecule has 88 valence electrons. The van der Waals surface area contributed by atoms with E-state index < -0.39 is 0 Å². The largest absolute Gasteiger partial charge is 0.507 e. The molecule has 3 N–H and O–H groups in total. The van der Waals surface area contributed by atoms with Crippen LogP contribution in [0.1, 0.15) is 27.7 Å². The third kappa shape index (κ3) is 3.46. The Hall–Kier alpha value is -1.70. The van der Waals surface area contributed by atoms with E-state index >= 15 is 0 Å². The molecule has 2 nitrogen and oxygen atoms in total. The van der Waals surface area contributed by atoms with E-state index in [1.807, 2.05) is 45.9 Å². The van der Waals surface area contributed by atoms with Crippen LogP contribution in [0.5, 0.6) is 5.75 Å². The summed E-state index contributed by atoms with van der Waals surface area (Å²) in [7, 11) is 0. The first-order valence-electron chi connectivity index (χ1n) is 5.74. The van der Waals surface area contributed by atoms with Crippen LogP contribution in [0.15, 0.2) is 36.4 Å². The molecule has 0 radical (unpaired) electrons. The van der Waals surface area contributed by atoms with Crippen LogP contribution in [0.25, 0.3) is 10.8 Å². The summed E-state index contributed by atoms with van der Waals surface area (Å²) in [6, 6.07) is 10.8. The summed E-state index contributed by atoms with van der Waals surface area (Å²) in [4.78, 5) is 0. The van der Waals surface area contributed by atoms with Crippen molar-refractivity contribution >= 4 is 16.5 Å². The summed E-state index contributed by atoms with van der Waals surface area (Å²) in [6.07, 6.45) is 0. The van der Waals surface area contributed by atoms with Gasteiger partial charge in [0.1, 0.15) is 5.75 Å². The van der Waals surface area contributed by atoms with Crippen LogP contribution in [0.2, 0.25) is 0 Å². The van der Waals surface area contributed by atoms with Crippen molar-refractivity contribution in [3.8, 4) is 5.75 Å². The van der Waals surface area contributed by atoms with E-state index in [9.17, 15) is 5.11 Å². The van der Waals surface area contributed by atoms with E-state index in [-0.39, 0.29) is 0 Å². The SMILES string of the molecule is CC.CC.Nc1ccc2c(O)cccc2c1. The fourth-order valence-electron chi connectivity index (χ4n) is 1.29. The second kappa shape index (κ2) is 7.57. The summed E-state index contributed by atoms with van der Waals surface area (Å²) in [5.74, 6) is 0.299. The van der Waals surface area contributed by atoms with Crippen molar-refractivity contribution in [2.75, 3.05) is 5.73 Å². The van der Waals surface area contributed by atoms with Gasteiger partial charge in [-0.3, -0.25) is 0 Å². The van der Waals surface area contributed by atoms with Crippen molar-refractivity contribution in [3.63, 3.8) is 0 Å². The molecule has 2 aromatic carbocycles. The van der Waals surface area contributed by atoms with Crippen molar-refractivity contribution in [1.82, 2.24) is 0 Å². The highest BCUT2D eigenvalue weighted by molar-refractivity contribution is 5.90. The highest BCUT2D eigenvalue weighted by Gasteiger charge is 1.97. The quantitative estimate of drug-likeness (QED) is 0.653. The van der Waals surface area contributed by atoms with Crippen LogP contribution < -0.4 is 5.73 Å². The molecule has 0 aliphatic rings. The number of phenolic OH excluding ortho intramolecular Hbond substituents is 1. The second-order valence-electron chi connectivity index (χ2n) is 2.76. The van der Waals surface area contributed by atoms with Gasteiger partial charge in [-0.2, -0.15) is 0 Å². The van der Waals surface area contributed by atoms with Gasteiger partial charge in [0, 0.05) is 11.1 Å². The van der Waals surface area contributed by atoms with E-state index in [0.29, 0.717) is 11.4 Å². The van der Waals surface area contributed by atoms with Gasteiger partial charge in [0.15, 0.2) is 0 Å². The minimum Gasteiger partial charge on any atom is -0.507 e. The monoisotopic (exact) mass is 219 g/mol. The Labute approximate surface area is 97.7 Å². The van der Waals surface area contributed by atoms with Crippen LogP contribution in [-0.2, 0) is 0 Å². The Bertz CT molecular complexity index is 424. The Morgan fingerprint density at radius 1 is 0.938 bits per heavy atom. The molecule has 0 unspecified atom stereocenters. The third-order valence-corrected chi connectivity index (χ3v) is 1.88. The van der Waals surface area contributed by atoms with E-state index in [2.05, 4.69) is 0 Å². The minimum atomic E-state index is 0.299. The zero-order chi connectivity index (χ0) is 12.6. The molecule has 0 saturated heterocycles. The van der Waals surface area contributed by atoms with E-state index in [0.717, 1.165) is 10.8 Å². The van der Waals surface area contributed by atoms with Crippen LogP contribution in [0, 0.1) is 0 Å². The van der Waals surface area contributed by atoms with Crippen molar-refractivity contribution in [3.05, 3.63) is 36.4 Å². The molecular weight excluding hydrogens is 198 g/mol. The average Bonchev–Trinajstić information content (AvgIpc) is 2.34. The number of fused-ring (bicyclic) bond motifs is 1. The Morgan fingerprint density at radius 3 is 2.19 bits per heavy atom. The molecule has 2 heteroatoms. The molecule has 0 spiro atoms. The number of benzene rings is 2. The molecule has 0 atom stereocenters. The van der Waals surface area contributed by atoms with E-state index in [4.69, 9.17) is 5.73 Å². The number of hydrogen-bond acceptors (Lipinski definition) is 2. The lowest BCUT2D eigenvalue weighted by molar-refractivity contribution is 0.481. The van der Waals surface area contributed by atoms with Gasteiger partial charge in [-0.15, -0.1) is 0 Å². The maximum atomic E-state index is 9.42. The van der Waals surface area contributed by atoms with Crippen molar-refractivity contribution in [2.24, 2.45) is 0 Å². The predicted molar refractivity (Wildman–Crippen MR) is 72.7 cm³/mol. The van der Waals surface area contributed by atoms with Crippen molar-refractivity contribution in [2.45, 2.75) is 27.7 Å². The van der Waals surface area contributed by atoms with Gasteiger partial charge in [-0.05, 0) is 29.7 Å². The molecule has 0 amide bonds. The van der Waals surface area contributed by atoms with E-state index in [1.54, 1.807) is 18.2 Å². The summed E-state index contributed by atoms with van der Waals surface area (Å²) >= 11 is 0. The number of nitrogens with two attached hydrogens (primary N) is 1. The Balaban J connectivity index is 0.000000509. The molecule has 2 aromatic rings. The van der Waals surface area contributed by atoms with Crippen LogP contribution in [0.4, 0.5) is 5.69 Å². The molecule has 0 aliphatic heterocycles. The summed E-state index contributed by atoms with van der Waals surface area (Å²) < 4.78 is 0. The topological polar surface area (TPSA) is 46.2 Å². The molecule has 0 heterocycles. The Morgan fingerprint density at radius 2 is 1.56 bits per heavy atom. The predicted octanol–water partition coefficient (Wildman–Crippen LogP) is 4.18. The number of rotatable bonds is 0. The normalized spacial score (nSPS) is 8.50. The summed E-state index contributed by atoms with van der Waals surface area (Å²) in [5, 5.41) is 11.2. The fourth-order valence-corrected chi connectivity index (χ4v) is 1.29. The first-order valence-corrected chi connectivity index (χ1v) is 5.74. The number of nitrogen functional groups attached to an aromatic ring is 1. The van der Waals surface area contributed by atoms with Crippen LogP contribution in [0.3, 0.4) is 0 Å². The maximum absolute atomic E-state index is 9.42. The molecule has 0 aliphatic carbocycles. The number of aromatic hydroxyl groups is 1. The first-order chi connectivity index (χ1) is 7.77. The highest BCUT2D eigenvalue weighted by Crippen LogP contribution is 2.25. The van der Waals surface area contributed by atoms with Crippen molar-refractivity contribution in [1.29, 1.82) is 0 Å². The standard InChI is InChI=1S/C10H9NO.2C2H6/c11-8-4-5-9-7(6-8)2-1-3-10(9)12;2*1-2/h1-6,12H,11H2;2*1-2H3. The lowest BCUT2D eigenvalue weighted by Gasteiger charge is -2.00. The van der Waals surface area contributed by atoms with Gasteiger partial charge in [0.05, 0.1) is 0 Å². The van der Waals surface area contributed by atoms with Gasteiger partial charge in [-0.25, -0.2) is 0 Å². The third-order valence-electron chi connectivity index (χ3n) is 1.88. The zero-order valence-electron chi connectivity index (χ0n) is 10.5. The molecule has 0 aromatic heterocycles. The van der Waals surface area contributed by atoms with Crippen molar-refractivity contribution < 1.29 is 5.11 Å². The second-order valence-corrected chi connectivity index (χ2v) is 2.76. The number of hydrogen-bond donors (Lipinski definition) is 2. The first kappa shape index (κ1) is 14.3. The van der Waals surface area contributed by atoms with Crippen LogP contribution >= 0.6 is 0 Å². The molecular formula is C14H21NO. The molecule has 2 rings (SSSR count). The summed E-state index contributed by atoms with van der Waals surface area (Å²) in [6.45, 7) is 8.00. The smallest absolute Gasteiger partial charge is 0.123 e. The number of phenols is 1. The average molecular weight is 219 g/mol. The van der Waals surface area contributed by atoms with Gasteiger partial charge in [0.25, 0.3) is 0 Å². The van der Waals surface area contributed by atoms with E-state index in [1.165, 1.54) is 0 Å². The molecule has 16 heavy (non-hydrogen) atoms. The lowest BCUT2D eigenvalue weighted by Crippen LogP contribution is -1.83. The molecule has 0 bridgehead atoms. The van der Waals surface area contributed by atoms with Crippen LogP contribution in [-0.4, -0.2) is 5.11 Å². The lowest BCUT2D eigenvalue weighted by atomic mass is 10.1. The maximum Gasteiger partial charge on any atom is 0.123 e. The Kier molecular flexibility index (Phi) is 6.77. The number of anilines is 1.